The van der Waals surface area contributed by atoms with E-state index in [0.29, 0.717) is 13.1 Å². The van der Waals surface area contributed by atoms with Crippen molar-refractivity contribution in [2.24, 2.45) is 5.73 Å². The van der Waals surface area contributed by atoms with Gasteiger partial charge < -0.3 is 15.4 Å². The molecule has 0 saturated carbocycles. The van der Waals surface area contributed by atoms with Gasteiger partial charge in [-0.2, -0.15) is 0 Å². The first-order valence-corrected chi connectivity index (χ1v) is 7.31. The summed E-state index contributed by atoms with van der Waals surface area (Å²) in [5.41, 5.74) is 7.91. The molecule has 0 unspecified atom stereocenters. The smallest absolute Gasteiger partial charge is 0.239 e. The van der Waals surface area contributed by atoms with Crippen LogP contribution in [0.25, 0.3) is 0 Å². The van der Waals surface area contributed by atoms with Crippen LogP contribution >= 0.6 is 12.4 Å². The van der Waals surface area contributed by atoms with E-state index in [1.807, 2.05) is 54.6 Å². The zero-order chi connectivity index (χ0) is 15.9. The molecule has 0 aliphatic heterocycles. The van der Waals surface area contributed by atoms with Crippen molar-refractivity contribution >= 4 is 18.3 Å². The highest BCUT2D eigenvalue weighted by Gasteiger charge is 2.18. The first-order chi connectivity index (χ1) is 10.6. The molecule has 1 atom stereocenters. The van der Waals surface area contributed by atoms with Gasteiger partial charge in [-0.3, -0.25) is 4.79 Å². The lowest BCUT2D eigenvalue weighted by atomic mass is 10.1. The van der Waals surface area contributed by atoms with Crippen LogP contribution in [-0.4, -0.2) is 24.0 Å². The second-order valence-electron chi connectivity index (χ2n) is 5.32. The summed E-state index contributed by atoms with van der Waals surface area (Å²) >= 11 is 0. The highest BCUT2D eigenvalue weighted by atomic mass is 35.5. The summed E-state index contributed by atoms with van der Waals surface area (Å²) in [4.78, 5) is 14.1. The van der Waals surface area contributed by atoms with Crippen LogP contribution in [0.2, 0.25) is 0 Å². The van der Waals surface area contributed by atoms with Gasteiger partial charge in [-0.25, -0.2) is 0 Å². The number of carbonyl (C=O) groups is 1. The third-order valence-electron chi connectivity index (χ3n) is 3.45. The Morgan fingerprint density at radius 3 is 2.04 bits per heavy atom. The van der Waals surface area contributed by atoms with Crippen LogP contribution in [0.1, 0.15) is 18.1 Å². The number of amides is 1. The van der Waals surface area contributed by atoms with E-state index in [-0.39, 0.29) is 18.3 Å². The minimum atomic E-state index is -0.512. The maximum atomic E-state index is 12.4. The lowest BCUT2D eigenvalue weighted by Gasteiger charge is -2.25. The van der Waals surface area contributed by atoms with Gasteiger partial charge in [0.15, 0.2) is 0 Å². The van der Waals surface area contributed by atoms with E-state index in [9.17, 15) is 4.79 Å². The third-order valence-corrected chi connectivity index (χ3v) is 3.45. The van der Waals surface area contributed by atoms with E-state index in [0.717, 1.165) is 16.9 Å². The highest BCUT2D eigenvalue weighted by molar-refractivity contribution is 5.85. The molecule has 0 fully saturated rings. The molecule has 5 heteroatoms. The number of nitrogens with two attached hydrogens (primary N) is 1. The molecule has 1 amide bonds. The summed E-state index contributed by atoms with van der Waals surface area (Å²) in [7, 11) is 1.64. The molecule has 0 aliphatic carbocycles. The van der Waals surface area contributed by atoms with Gasteiger partial charge in [-0.05, 0) is 30.2 Å². The Bertz CT molecular complexity index is 600. The Kier molecular flexibility index (Phi) is 7.59. The maximum Gasteiger partial charge on any atom is 0.239 e. The molecule has 0 heterocycles. The van der Waals surface area contributed by atoms with Gasteiger partial charge in [-0.1, -0.05) is 42.5 Å². The number of benzene rings is 2. The van der Waals surface area contributed by atoms with Crippen molar-refractivity contribution in [3.8, 4) is 5.75 Å². The number of rotatable bonds is 6. The van der Waals surface area contributed by atoms with Gasteiger partial charge in [0.1, 0.15) is 5.75 Å². The molecule has 2 aromatic carbocycles. The van der Waals surface area contributed by atoms with Gasteiger partial charge >= 0.3 is 0 Å². The van der Waals surface area contributed by atoms with Crippen LogP contribution in [0.5, 0.6) is 5.75 Å². The van der Waals surface area contributed by atoms with E-state index in [2.05, 4.69) is 0 Å². The number of carbonyl (C=O) groups excluding carboxylic acids is 1. The Morgan fingerprint density at radius 2 is 1.57 bits per heavy atom. The fraction of sp³-hybridized carbons (Fsp3) is 0.278. The molecular weight excluding hydrogens is 312 g/mol. The normalized spacial score (nSPS) is 11.3. The zero-order valence-corrected chi connectivity index (χ0v) is 14.3. The fourth-order valence-electron chi connectivity index (χ4n) is 2.25. The second kappa shape index (κ2) is 9.18. The molecule has 2 aromatic rings. The summed E-state index contributed by atoms with van der Waals surface area (Å²) in [6, 6.07) is 17.1. The van der Waals surface area contributed by atoms with Gasteiger partial charge in [0.25, 0.3) is 0 Å². The monoisotopic (exact) mass is 334 g/mol. The van der Waals surface area contributed by atoms with E-state index in [1.54, 1.807) is 18.9 Å². The van der Waals surface area contributed by atoms with Crippen molar-refractivity contribution in [2.45, 2.75) is 26.1 Å². The van der Waals surface area contributed by atoms with Crippen LogP contribution in [0.3, 0.4) is 0 Å². The zero-order valence-electron chi connectivity index (χ0n) is 13.4. The molecule has 124 valence electrons. The highest BCUT2D eigenvalue weighted by Crippen LogP contribution is 2.15. The summed E-state index contributed by atoms with van der Waals surface area (Å²) in [5.74, 6) is 0.747. The summed E-state index contributed by atoms with van der Waals surface area (Å²) in [6.45, 7) is 2.79. The molecular formula is C18H23ClN2O2. The van der Waals surface area contributed by atoms with E-state index in [4.69, 9.17) is 10.5 Å². The van der Waals surface area contributed by atoms with Crippen molar-refractivity contribution in [2.75, 3.05) is 7.11 Å². The van der Waals surface area contributed by atoms with Gasteiger partial charge in [0.05, 0.1) is 13.2 Å². The first-order valence-electron chi connectivity index (χ1n) is 7.31. The first kappa shape index (κ1) is 19.0. The molecule has 4 nitrogen and oxygen atoms in total. The maximum absolute atomic E-state index is 12.4. The molecule has 0 aromatic heterocycles. The quantitative estimate of drug-likeness (QED) is 0.883. The standard InChI is InChI=1S/C18H22N2O2.ClH/c1-14(19)18(21)20(12-15-6-4-3-5-7-15)13-16-8-10-17(22-2)11-9-16;/h3-11,14H,12-13,19H2,1-2H3;1H/t14-;/m1./s1. The average Bonchev–Trinajstić information content (AvgIpc) is 2.55. The van der Waals surface area contributed by atoms with Crippen LogP contribution in [-0.2, 0) is 17.9 Å². The Hall–Kier alpha value is -2.04. The van der Waals surface area contributed by atoms with Crippen molar-refractivity contribution in [1.29, 1.82) is 0 Å². The lowest BCUT2D eigenvalue weighted by Crippen LogP contribution is -2.41. The number of nitrogens with zero attached hydrogens (tertiary/aromatic N) is 1. The molecule has 0 aliphatic rings. The molecule has 23 heavy (non-hydrogen) atoms. The molecule has 0 bridgehead atoms. The van der Waals surface area contributed by atoms with Crippen molar-refractivity contribution < 1.29 is 9.53 Å². The third kappa shape index (κ3) is 5.58. The summed E-state index contributed by atoms with van der Waals surface area (Å²) in [5, 5.41) is 0. The number of hydrogen-bond acceptors (Lipinski definition) is 3. The Balaban J connectivity index is 0.00000264. The minimum Gasteiger partial charge on any atom is -0.497 e. The van der Waals surface area contributed by atoms with Gasteiger partial charge in [-0.15, -0.1) is 12.4 Å². The lowest BCUT2D eigenvalue weighted by molar-refractivity contribution is -0.133. The Labute approximate surface area is 143 Å². The number of methoxy groups -OCH3 is 1. The van der Waals surface area contributed by atoms with Gasteiger partial charge in [0.2, 0.25) is 5.91 Å². The van der Waals surface area contributed by atoms with E-state index >= 15 is 0 Å². The summed E-state index contributed by atoms with van der Waals surface area (Å²) < 4.78 is 5.15. The van der Waals surface area contributed by atoms with E-state index in [1.165, 1.54) is 0 Å². The molecule has 0 spiro atoms. The molecule has 2 rings (SSSR count). The van der Waals surface area contributed by atoms with Crippen molar-refractivity contribution in [3.63, 3.8) is 0 Å². The second-order valence-corrected chi connectivity index (χ2v) is 5.32. The SMILES string of the molecule is COc1ccc(CN(Cc2ccccc2)C(=O)[C@@H](C)N)cc1.Cl. The van der Waals surface area contributed by atoms with Crippen LogP contribution in [0.15, 0.2) is 54.6 Å². The van der Waals surface area contributed by atoms with Crippen LogP contribution < -0.4 is 10.5 Å². The van der Waals surface area contributed by atoms with E-state index < -0.39 is 6.04 Å². The van der Waals surface area contributed by atoms with Gasteiger partial charge in [0, 0.05) is 13.1 Å². The van der Waals surface area contributed by atoms with Crippen LogP contribution in [0.4, 0.5) is 0 Å². The molecule has 2 N–H and O–H groups in total. The predicted octanol–water partition coefficient (Wildman–Crippen LogP) is 2.99. The minimum absolute atomic E-state index is 0. The topological polar surface area (TPSA) is 55.6 Å². The Morgan fingerprint density at radius 1 is 1.04 bits per heavy atom. The fourth-order valence-corrected chi connectivity index (χ4v) is 2.25. The number of halogens is 1. The number of ether oxygens (including phenoxy) is 1. The number of hydrogen-bond donors (Lipinski definition) is 1. The molecule has 0 saturated heterocycles. The van der Waals surface area contributed by atoms with Crippen molar-refractivity contribution in [1.82, 2.24) is 4.90 Å². The molecule has 0 radical (unpaired) electrons. The largest absolute Gasteiger partial charge is 0.497 e. The van der Waals surface area contributed by atoms with Crippen LogP contribution in [0, 0.1) is 0 Å². The average molecular weight is 335 g/mol. The van der Waals surface area contributed by atoms with Crippen molar-refractivity contribution in [3.05, 3.63) is 65.7 Å². The predicted molar refractivity (Wildman–Crippen MR) is 94.6 cm³/mol. The summed E-state index contributed by atoms with van der Waals surface area (Å²) in [6.07, 6.45) is 0.